The minimum Gasteiger partial charge on any atom is -0.362 e. The van der Waals surface area contributed by atoms with E-state index in [1.165, 1.54) is 6.07 Å². The molecule has 20 heavy (non-hydrogen) atoms. The van der Waals surface area contributed by atoms with E-state index in [-0.39, 0.29) is 10.6 Å². The van der Waals surface area contributed by atoms with E-state index < -0.39 is 0 Å². The highest BCUT2D eigenvalue weighted by molar-refractivity contribution is 6.30. The monoisotopic (exact) mass is 297 g/mol. The molecule has 2 rings (SSSR count). The molecule has 0 spiro atoms. The predicted octanol–water partition coefficient (Wildman–Crippen LogP) is 3.22. The molecule has 0 bridgehead atoms. The summed E-state index contributed by atoms with van der Waals surface area (Å²) in [6, 6.07) is 5.24. The lowest BCUT2D eigenvalue weighted by Crippen LogP contribution is -2.46. The van der Waals surface area contributed by atoms with Crippen molar-refractivity contribution >= 4 is 23.0 Å². The van der Waals surface area contributed by atoms with Gasteiger partial charge in [-0.25, -0.2) is 0 Å². The van der Waals surface area contributed by atoms with E-state index in [9.17, 15) is 10.1 Å². The number of halogens is 1. The zero-order valence-electron chi connectivity index (χ0n) is 11.6. The lowest BCUT2D eigenvalue weighted by Gasteiger charge is -2.36. The first-order chi connectivity index (χ1) is 9.63. The van der Waals surface area contributed by atoms with Gasteiger partial charge in [0, 0.05) is 30.2 Å². The SMILES string of the molecule is CCCN(c1ccc(Cl)cc1[N+](=O)[O-])C1CCCNC1. The minimum absolute atomic E-state index is 0.0940. The van der Waals surface area contributed by atoms with Gasteiger partial charge in [0.15, 0.2) is 0 Å². The number of nitrogens with one attached hydrogen (secondary N) is 1. The molecule has 0 saturated carbocycles. The number of hydrogen-bond acceptors (Lipinski definition) is 4. The predicted molar refractivity (Wildman–Crippen MR) is 81.6 cm³/mol. The quantitative estimate of drug-likeness (QED) is 0.670. The van der Waals surface area contributed by atoms with Gasteiger partial charge in [-0.1, -0.05) is 18.5 Å². The molecule has 0 radical (unpaired) electrons. The smallest absolute Gasteiger partial charge is 0.294 e. The van der Waals surface area contributed by atoms with E-state index in [1.807, 2.05) is 0 Å². The van der Waals surface area contributed by atoms with Gasteiger partial charge >= 0.3 is 0 Å². The second kappa shape index (κ2) is 6.90. The summed E-state index contributed by atoms with van der Waals surface area (Å²) in [6.45, 7) is 4.80. The summed E-state index contributed by atoms with van der Waals surface area (Å²) in [7, 11) is 0. The van der Waals surface area contributed by atoms with Gasteiger partial charge in [0.05, 0.1) is 4.92 Å². The molecule has 6 heteroatoms. The van der Waals surface area contributed by atoms with Crippen molar-refractivity contribution in [3.05, 3.63) is 33.3 Å². The van der Waals surface area contributed by atoms with E-state index in [0.29, 0.717) is 16.8 Å². The summed E-state index contributed by atoms with van der Waals surface area (Å²) in [5.74, 6) is 0. The topological polar surface area (TPSA) is 58.4 Å². The third-order valence-corrected chi connectivity index (χ3v) is 3.85. The molecule has 0 aromatic heterocycles. The molecule has 1 aliphatic heterocycles. The van der Waals surface area contributed by atoms with Crippen molar-refractivity contribution < 1.29 is 4.92 Å². The minimum atomic E-state index is -0.347. The summed E-state index contributed by atoms with van der Waals surface area (Å²) in [5, 5.41) is 15.0. The molecule has 1 saturated heterocycles. The molecule has 0 amide bonds. The molecule has 1 N–H and O–H groups in total. The number of benzene rings is 1. The fourth-order valence-electron chi connectivity index (χ4n) is 2.73. The Morgan fingerprint density at radius 2 is 2.35 bits per heavy atom. The number of nitrogens with zero attached hydrogens (tertiary/aromatic N) is 2. The van der Waals surface area contributed by atoms with Crippen molar-refractivity contribution in [3.8, 4) is 0 Å². The molecule has 1 aliphatic rings. The summed E-state index contributed by atoms with van der Waals surface area (Å²) >= 11 is 5.89. The first kappa shape index (κ1) is 15.1. The number of nitro groups is 1. The van der Waals surface area contributed by atoms with Crippen LogP contribution in [0.3, 0.4) is 0 Å². The lowest BCUT2D eigenvalue weighted by molar-refractivity contribution is -0.384. The van der Waals surface area contributed by atoms with Crippen LogP contribution < -0.4 is 10.2 Å². The van der Waals surface area contributed by atoms with Crippen molar-refractivity contribution in [3.63, 3.8) is 0 Å². The largest absolute Gasteiger partial charge is 0.362 e. The van der Waals surface area contributed by atoms with Gasteiger partial charge in [0.1, 0.15) is 5.69 Å². The lowest BCUT2D eigenvalue weighted by atomic mass is 10.0. The van der Waals surface area contributed by atoms with Crippen LogP contribution in [0.4, 0.5) is 11.4 Å². The number of nitro benzene ring substituents is 1. The van der Waals surface area contributed by atoms with Crippen molar-refractivity contribution in [2.24, 2.45) is 0 Å². The fraction of sp³-hybridized carbons (Fsp3) is 0.571. The molecular formula is C14H20ClN3O2. The number of piperidine rings is 1. The third kappa shape index (κ3) is 3.41. The summed E-state index contributed by atoms with van der Waals surface area (Å²) < 4.78 is 0. The molecule has 1 atom stereocenters. The van der Waals surface area contributed by atoms with Crippen LogP contribution in [-0.2, 0) is 0 Å². The van der Waals surface area contributed by atoms with Crippen LogP contribution in [0.25, 0.3) is 0 Å². The Hall–Kier alpha value is -1.33. The van der Waals surface area contributed by atoms with Crippen LogP contribution in [0.15, 0.2) is 18.2 Å². The van der Waals surface area contributed by atoms with Crippen molar-refractivity contribution in [2.75, 3.05) is 24.5 Å². The van der Waals surface area contributed by atoms with E-state index >= 15 is 0 Å². The van der Waals surface area contributed by atoms with Crippen LogP contribution in [0.2, 0.25) is 5.02 Å². The Bertz CT molecular complexity index is 475. The van der Waals surface area contributed by atoms with Crippen molar-refractivity contribution in [1.29, 1.82) is 0 Å². The molecule has 1 unspecified atom stereocenters. The Morgan fingerprint density at radius 3 is 2.95 bits per heavy atom. The highest BCUT2D eigenvalue weighted by Crippen LogP contribution is 2.33. The van der Waals surface area contributed by atoms with Crippen molar-refractivity contribution in [2.45, 2.75) is 32.2 Å². The number of anilines is 1. The van der Waals surface area contributed by atoms with Crippen LogP contribution in [0.1, 0.15) is 26.2 Å². The van der Waals surface area contributed by atoms with E-state index in [1.54, 1.807) is 12.1 Å². The standard InChI is InChI=1S/C14H20ClN3O2/c1-2-8-17(12-4-3-7-16-10-12)13-6-5-11(15)9-14(13)18(19)20/h5-6,9,12,16H,2-4,7-8,10H2,1H3. The average Bonchev–Trinajstić information content (AvgIpc) is 2.46. The Morgan fingerprint density at radius 1 is 1.55 bits per heavy atom. The first-order valence-corrected chi connectivity index (χ1v) is 7.42. The normalized spacial score (nSPS) is 18.8. The van der Waals surface area contributed by atoms with Gasteiger partial charge in [-0.2, -0.15) is 0 Å². The Kier molecular flexibility index (Phi) is 5.20. The molecule has 0 aliphatic carbocycles. The van der Waals surface area contributed by atoms with Crippen LogP contribution in [0, 0.1) is 10.1 Å². The Balaban J connectivity index is 2.35. The molecule has 1 fully saturated rings. The molecule has 1 aromatic rings. The second-order valence-corrected chi connectivity index (χ2v) is 5.52. The molecule has 1 heterocycles. The molecule has 1 aromatic carbocycles. The maximum atomic E-state index is 11.3. The zero-order chi connectivity index (χ0) is 14.5. The molecule has 5 nitrogen and oxygen atoms in total. The van der Waals surface area contributed by atoms with Gasteiger partial charge in [-0.3, -0.25) is 10.1 Å². The second-order valence-electron chi connectivity index (χ2n) is 5.08. The van der Waals surface area contributed by atoms with Crippen molar-refractivity contribution in [1.82, 2.24) is 5.32 Å². The van der Waals surface area contributed by atoms with Crippen LogP contribution in [-0.4, -0.2) is 30.6 Å². The summed E-state index contributed by atoms with van der Waals surface area (Å²) in [6.07, 6.45) is 3.12. The third-order valence-electron chi connectivity index (χ3n) is 3.62. The maximum Gasteiger partial charge on any atom is 0.294 e. The van der Waals surface area contributed by atoms with E-state index in [2.05, 4.69) is 17.1 Å². The van der Waals surface area contributed by atoms with Gasteiger partial charge in [0.2, 0.25) is 0 Å². The fourth-order valence-corrected chi connectivity index (χ4v) is 2.89. The average molecular weight is 298 g/mol. The highest BCUT2D eigenvalue weighted by Gasteiger charge is 2.26. The molecule has 110 valence electrons. The maximum absolute atomic E-state index is 11.3. The van der Waals surface area contributed by atoms with Gasteiger partial charge < -0.3 is 10.2 Å². The van der Waals surface area contributed by atoms with Gasteiger partial charge in [-0.05, 0) is 37.9 Å². The van der Waals surface area contributed by atoms with Crippen LogP contribution in [0.5, 0.6) is 0 Å². The summed E-state index contributed by atoms with van der Waals surface area (Å²) in [4.78, 5) is 13.1. The van der Waals surface area contributed by atoms with Gasteiger partial charge in [0.25, 0.3) is 5.69 Å². The number of rotatable bonds is 5. The summed E-state index contributed by atoms with van der Waals surface area (Å²) in [5.41, 5.74) is 0.770. The highest BCUT2D eigenvalue weighted by atomic mass is 35.5. The van der Waals surface area contributed by atoms with Gasteiger partial charge in [-0.15, -0.1) is 0 Å². The molecular weight excluding hydrogens is 278 g/mol. The number of hydrogen-bond donors (Lipinski definition) is 1. The van der Waals surface area contributed by atoms with Crippen LogP contribution >= 0.6 is 11.6 Å². The zero-order valence-corrected chi connectivity index (χ0v) is 12.4. The Labute approximate surface area is 124 Å². The first-order valence-electron chi connectivity index (χ1n) is 7.04. The van der Waals surface area contributed by atoms with E-state index in [4.69, 9.17) is 11.6 Å². The van der Waals surface area contributed by atoms with E-state index in [0.717, 1.165) is 38.9 Å².